The molecular formula is C22H29BrN4O4S. The average molecular weight is 525 g/mol. The SMILES string of the molecule is CCOc1cc(C2C(C(=O)OC(C)C)=C(C)Nc3nc(SCC)nn32)cc(Br)c1OCC. The molecule has 1 aromatic heterocycles. The molecular weight excluding hydrogens is 496 g/mol. The van der Waals surface area contributed by atoms with Crippen LogP contribution in [0.2, 0.25) is 0 Å². The Morgan fingerprint density at radius 3 is 2.59 bits per heavy atom. The van der Waals surface area contributed by atoms with Crippen LogP contribution in [0.4, 0.5) is 5.95 Å². The summed E-state index contributed by atoms with van der Waals surface area (Å²) in [5, 5.41) is 8.54. The van der Waals surface area contributed by atoms with Crippen molar-refractivity contribution in [1.82, 2.24) is 14.8 Å². The molecule has 10 heteroatoms. The molecule has 0 amide bonds. The second-order valence-corrected chi connectivity index (χ2v) is 9.40. The Balaban J connectivity index is 2.20. The summed E-state index contributed by atoms with van der Waals surface area (Å²) >= 11 is 5.16. The smallest absolute Gasteiger partial charge is 0.338 e. The van der Waals surface area contributed by atoms with E-state index in [1.807, 2.05) is 53.7 Å². The van der Waals surface area contributed by atoms with Crippen molar-refractivity contribution in [3.63, 3.8) is 0 Å². The van der Waals surface area contributed by atoms with E-state index < -0.39 is 12.0 Å². The Kier molecular flexibility index (Phi) is 8.10. The molecule has 0 aliphatic carbocycles. The van der Waals surface area contributed by atoms with Crippen molar-refractivity contribution in [3.05, 3.63) is 33.4 Å². The lowest BCUT2D eigenvalue weighted by molar-refractivity contribution is -0.143. The highest BCUT2D eigenvalue weighted by molar-refractivity contribution is 9.10. The van der Waals surface area contributed by atoms with Crippen LogP contribution in [0.5, 0.6) is 11.5 Å². The Labute approximate surface area is 201 Å². The Bertz CT molecular complexity index is 1020. The van der Waals surface area contributed by atoms with Gasteiger partial charge in [-0.2, -0.15) is 4.98 Å². The van der Waals surface area contributed by atoms with Gasteiger partial charge < -0.3 is 19.5 Å². The molecule has 0 saturated heterocycles. The number of hydrogen-bond donors (Lipinski definition) is 1. The van der Waals surface area contributed by atoms with Crippen LogP contribution in [0.25, 0.3) is 0 Å². The number of nitrogens with one attached hydrogen (secondary N) is 1. The van der Waals surface area contributed by atoms with E-state index in [1.54, 1.807) is 4.68 Å². The van der Waals surface area contributed by atoms with Crippen molar-refractivity contribution in [2.75, 3.05) is 24.3 Å². The van der Waals surface area contributed by atoms with Crippen molar-refractivity contribution in [1.29, 1.82) is 0 Å². The summed E-state index contributed by atoms with van der Waals surface area (Å²) in [6.45, 7) is 12.4. The molecule has 1 aromatic carbocycles. The van der Waals surface area contributed by atoms with Crippen LogP contribution in [-0.2, 0) is 9.53 Å². The first-order valence-electron chi connectivity index (χ1n) is 10.7. The number of thioether (sulfide) groups is 1. The van der Waals surface area contributed by atoms with Crippen molar-refractivity contribution in [2.45, 2.75) is 58.8 Å². The van der Waals surface area contributed by atoms with Gasteiger partial charge in [-0.25, -0.2) is 9.48 Å². The number of ether oxygens (including phenoxy) is 3. The van der Waals surface area contributed by atoms with Gasteiger partial charge in [-0.1, -0.05) is 18.7 Å². The summed E-state index contributed by atoms with van der Waals surface area (Å²) in [4.78, 5) is 17.8. The third-order valence-corrected chi connectivity index (χ3v) is 5.91. The van der Waals surface area contributed by atoms with Crippen molar-refractivity contribution in [2.24, 2.45) is 0 Å². The first kappa shape index (κ1) is 24.4. The standard InChI is InChI=1S/C22H29BrN4O4S/c1-7-29-16-11-14(10-15(23)19(16)30-8-2)18-17(20(28)31-12(4)5)13(6)24-21-25-22(32-9-3)26-27(18)21/h10-12,18H,7-9H2,1-6H3,(H,24,25,26). The number of halogens is 1. The quantitative estimate of drug-likeness (QED) is 0.354. The van der Waals surface area contributed by atoms with E-state index >= 15 is 0 Å². The predicted octanol–water partition coefficient (Wildman–Crippen LogP) is 5.19. The number of carbonyl (C=O) groups is 1. The molecule has 0 radical (unpaired) electrons. The third-order valence-electron chi connectivity index (χ3n) is 4.61. The molecule has 1 N–H and O–H groups in total. The summed E-state index contributed by atoms with van der Waals surface area (Å²) in [5.41, 5.74) is 1.96. The number of esters is 1. The number of aromatic nitrogens is 3. The lowest BCUT2D eigenvalue weighted by Gasteiger charge is -2.29. The van der Waals surface area contributed by atoms with Gasteiger partial charge in [0.05, 0.1) is 29.4 Å². The number of nitrogens with zero attached hydrogens (tertiary/aromatic N) is 3. The first-order chi connectivity index (χ1) is 15.3. The van der Waals surface area contributed by atoms with Gasteiger partial charge in [-0.3, -0.25) is 0 Å². The van der Waals surface area contributed by atoms with Crippen LogP contribution >= 0.6 is 27.7 Å². The van der Waals surface area contributed by atoms with Crippen LogP contribution in [0.1, 0.15) is 53.1 Å². The van der Waals surface area contributed by atoms with Crippen LogP contribution < -0.4 is 14.8 Å². The number of carbonyl (C=O) groups excluding carboxylic acids is 1. The number of rotatable bonds is 9. The van der Waals surface area contributed by atoms with Crippen molar-refractivity contribution >= 4 is 39.6 Å². The minimum absolute atomic E-state index is 0.252. The van der Waals surface area contributed by atoms with E-state index in [1.165, 1.54) is 11.8 Å². The molecule has 1 atom stereocenters. The lowest BCUT2D eigenvalue weighted by atomic mass is 9.95. The van der Waals surface area contributed by atoms with Crippen LogP contribution in [0.3, 0.4) is 0 Å². The fraction of sp³-hybridized carbons (Fsp3) is 0.500. The zero-order valence-electron chi connectivity index (χ0n) is 19.2. The highest BCUT2D eigenvalue weighted by atomic mass is 79.9. The van der Waals surface area contributed by atoms with E-state index in [-0.39, 0.29) is 6.10 Å². The van der Waals surface area contributed by atoms with Gasteiger partial charge in [0.1, 0.15) is 6.04 Å². The van der Waals surface area contributed by atoms with E-state index in [0.717, 1.165) is 15.8 Å². The molecule has 1 aliphatic heterocycles. The van der Waals surface area contributed by atoms with Crippen molar-refractivity contribution < 1.29 is 19.0 Å². The molecule has 174 valence electrons. The highest BCUT2D eigenvalue weighted by Gasteiger charge is 2.36. The normalized spacial score (nSPS) is 15.4. The summed E-state index contributed by atoms with van der Waals surface area (Å²) < 4.78 is 19.7. The van der Waals surface area contributed by atoms with Gasteiger partial charge >= 0.3 is 5.97 Å². The van der Waals surface area contributed by atoms with Crippen LogP contribution in [0, 0.1) is 0 Å². The third kappa shape index (κ3) is 5.06. The summed E-state index contributed by atoms with van der Waals surface area (Å²) in [6.07, 6.45) is -0.252. The summed E-state index contributed by atoms with van der Waals surface area (Å²) in [5.74, 6) is 2.24. The second kappa shape index (κ2) is 10.6. The summed E-state index contributed by atoms with van der Waals surface area (Å²) in [6, 6.07) is 3.28. The van der Waals surface area contributed by atoms with Gasteiger partial charge in [-0.15, -0.1) is 5.10 Å². The molecule has 0 saturated carbocycles. The molecule has 8 nitrogen and oxygen atoms in total. The van der Waals surface area contributed by atoms with E-state index in [9.17, 15) is 4.79 Å². The first-order valence-corrected chi connectivity index (χ1v) is 12.5. The number of anilines is 1. The number of allylic oxidation sites excluding steroid dienone is 1. The molecule has 1 aliphatic rings. The van der Waals surface area contributed by atoms with Crippen molar-refractivity contribution in [3.8, 4) is 11.5 Å². The Morgan fingerprint density at radius 1 is 1.25 bits per heavy atom. The zero-order valence-corrected chi connectivity index (χ0v) is 21.6. The Hall–Kier alpha value is -2.20. The maximum atomic E-state index is 13.2. The van der Waals surface area contributed by atoms with Gasteiger partial charge in [0.15, 0.2) is 11.5 Å². The topological polar surface area (TPSA) is 87.5 Å². The average Bonchev–Trinajstić information content (AvgIpc) is 3.11. The van der Waals surface area contributed by atoms with E-state index in [0.29, 0.717) is 47.1 Å². The minimum atomic E-state index is -0.539. The highest BCUT2D eigenvalue weighted by Crippen LogP contribution is 2.43. The van der Waals surface area contributed by atoms with Gasteiger partial charge in [0.2, 0.25) is 11.1 Å². The monoisotopic (exact) mass is 524 g/mol. The van der Waals surface area contributed by atoms with E-state index in [4.69, 9.17) is 14.2 Å². The minimum Gasteiger partial charge on any atom is -0.490 e. The van der Waals surface area contributed by atoms with Gasteiger partial charge in [0.25, 0.3) is 0 Å². The largest absolute Gasteiger partial charge is 0.490 e. The van der Waals surface area contributed by atoms with Crippen LogP contribution in [-0.4, -0.2) is 45.8 Å². The number of hydrogen-bond acceptors (Lipinski definition) is 8. The fourth-order valence-corrected chi connectivity index (χ4v) is 4.59. The Morgan fingerprint density at radius 2 is 1.97 bits per heavy atom. The molecule has 2 aromatic rings. The molecule has 0 spiro atoms. The predicted molar refractivity (Wildman–Crippen MR) is 129 cm³/mol. The van der Waals surface area contributed by atoms with Crippen LogP contribution in [0.15, 0.2) is 33.0 Å². The molecule has 32 heavy (non-hydrogen) atoms. The molecule has 1 unspecified atom stereocenters. The van der Waals surface area contributed by atoms with Gasteiger partial charge in [0, 0.05) is 5.70 Å². The maximum Gasteiger partial charge on any atom is 0.338 e. The second-order valence-electron chi connectivity index (χ2n) is 7.31. The molecule has 3 rings (SSSR count). The zero-order chi connectivity index (χ0) is 23.4. The maximum absolute atomic E-state index is 13.2. The molecule has 0 fully saturated rings. The number of benzene rings is 1. The molecule has 2 heterocycles. The lowest BCUT2D eigenvalue weighted by Crippen LogP contribution is -2.30. The molecule has 0 bridgehead atoms. The summed E-state index contributed by atoms with van der Waals surface area (Å²) in [7, 11) is 0. The fourth-order valence-electron chi connectivity index (χ4n) is 3.46. The van der Waals surface area contributed by atoms with E-state index in [2.05, 4.69) is 31.3 Å². The van der Waals surface area contributed by atoms with Gasteiger partial charge in [-0.05, 0) is 74.0 Å². The number of fused-ring (bicyclic) bond motifs is 1.